The summed E-state index contributed by atoms with van der Waals surface area (Å²) in [5.41, 5.74) is 1.05. The minimum absolute atomic E-state index is 0.0344. The molecular weight excluding hydrogens is 392 g/mol. The van der Waals surface area contributed by atoms with E-state index in [4.69, 9.17) is 9.15 Å². The third kappa shape index (κ3) is 5.76. The highest BCUT2D eigenvalue weighted by Crippen LogP contribution is 2.29. The lowest BCUT2D eigenvalue weighted by Gasteiger charge is -2.34. The van der Waals surface area contributed by atoms with Gasteiger partial charge in [0.05, 0.1) is 19.2 Å². The molecule has 6 heteroatoms. The van der Waals surface area contributed by atoms with Gasteiger partial charge in [-0.1, -0.05) is 36.8 Å². The highest BCUT2D eigenvalue weighted by atomic mass is 16.5. The first kappa shape index (κ1) is 21.6. The summed E-state index contributed by atoms with van der Waals surface area (Å²) in [5, 5.41) is 0. The maximum atomic E-state index is 13.4. The van der Waals surface area contributed by atoms with Gasteiger partial charge in [-0.25, -0.2) is 0 Å². The Morgan fingerprint density at radius 1 is 0.968 bits per heavy atom. The van der Waals surface area contributed by atoms with Crippen molar-refractivity contribution in [3.05, 3.63) is 59.5 Å². The van der Waals surface area contributed by atoms with Crippen LogP contribution < -0.4 is 0 Å². The van der Waals surface area contributed by atoms with Crippen LogP contribution in [0, 0.1) is 12.8 Å². The molecule has 166 valence electrons. The number of amides is 2. The number of hydrogen-bond acceptors (Lipinski definition) is 4. The molecule has 2 aliphatic rings. The second-order valence-electron chi connectivity index (χ2n) is 8.73. The van der Waals surface area contributed by atoms with Crippen LogP contribution in [0.2, 0.25) is 0 Å². The van der Waals surface area contributed by atoms with Gasteiger partial charge in [-0.2, -0.15) is 0 Å². The van der Waals surface area contributed by atoms with Crippen LogP contribution >= 0.6 is 0 Å². The molecule has 2 aromatic rings. The third-order valence-corrected chi connectivity index (χ3v) is 6.25. The fourth-order valence-electron chi connectivity index (χ4n) is 4.24. The molecule has 1 aliphatic heterocycles. The predicted octanol–water partition coefficient (Wildman–Crippen LogP) is 3.92. The molecule has 4 rings (SSSR count). The van der Waals surface area contributed by atoms with Crippen LogP contribution in [0.5, 0.6) is 0 Å². The van der Waals surface area contributed by atoms with Gasteiger partial charge in [0.25, 0.3) is 0 Å². The van der Waals surface area contributed by atoms with Crippen LogP contribution in [0.3, 0.4) is 0 Å². The van der Waals surface area contributed by atoms with E-state index in [1.807, 2.05) is 49.4 Å². The van der Waals surface area contributed by atoms with E-state index < -0.39 is 0 Å². The van der Waals surface area contributed by atoms with Crippen LogP contribution in [-0.4, -0.2) is 47.4 Å². The number of ether oxygens (including phenoxy) is 1. The lowest BCUT2D eigenvalue weighted by molar-refractivity contribution is -0.146. The maximum Gasteiger partial charge on any atom is 0.242 e. The SMILES string of the molecule is Cc1ccc(CN(Cc2ccccc2)C(=O)CN(C[C@@H]2CCCO2)C(=O)C2CCC2)o1. The van der Waals surface area contributed by atoms with Crippen molar-refractivity contribution in [2.24, 2.45) is 5.92 Å². The summed E-state index contributed by atoms with van der Waals surface area (Å²) in [4.78, 5) is 30.0. The highest BCUT2D eigenvalue weighted by Gasteiger charge is 2.33. The molecule has 1 aromatic heterocycles. The first-order chi connectivity index (χ1) is 15.1. The second-order valence-corrected chi connectivity index (χ2v) is 8.73. The molecular formula is C25H32N2O4. The molecule has 1 aliphatic carbocycles. The van der Waals surface area contributed by atoms with Crippen LogP contribution in [0.1, 0.15) is 49.2 Å². The van der Waals surface area contributed by atoms with Gasteiger partial charge in [0.2, 0.25) is 11.8 Å². The fraction of sp³-hybridized carbons (Fsp3) is 0.520. The summed E-state index contributed by atoms with van der Waals surface area (Å²) in [6.07, 6.45) is 4.94. The van der Waals surface area contributed by atoms with Crippen molar-refractivity contribution in [3.63, 3.8) is 0 Å². The number of aryl methyl sites for hydroxylation is 1. The van der Waals surface area contributed by atoms with Gasteiger partial charge in [0.1, 0.15) is 11.5 Å². The van der Waals surface area contributed by atoms with E-state index >= 15 is 0 Å². The molecule has 6 nitrogen and oxygen atoms in total. The molecule has 0 bridgehead atoms. The van der Waals surface area contributed by atoms with E-state index in [-0.39, 0.29) is 30.4 Å². The smallest absolute Gasteiger partial charge is 0.242 e. The van der Waals surface area contributed by atoms with Crippen LogP contribution in [-0.2, 0) is 27.4 Å². The Bertz CT molecular complexity index is 869. The summed E-state index contributed by atoms with van der Waals surface area (Å²) in [6.45, 7) is 4.08. The van der Waals surface area contributed by atoms with Crippen molar-refractivity contribution in [1.82, 2.24) is 9.80 Å². The van der Waals surface area contributed by atoms with Crippen molar-refractivity contribution < 1.29 is 18.7 Å². The fourth-order valence-corrected chi connectivity index (χ4v) is 4.24. The molecule has 1 saturated carbocycles. The standard InChI is InChI=1S/C25H32N2O4/c1-19-12-13-23(31-19)17-26(15-20-7-3-2-4-8-20)24(28)18-27(16-22-11-6-14-30-22)25(29)21-9-5-10-21/h2-4,7-8,12-13,21-22H,5-6,9-11,14-18H2,1H3/t22-/m0/s1. The van der Waals surface area contributed by atoms with Crippen LogP contribution in [0.25, 0.3) is 0 Å². The van der Waals surface area contributed by atoms with E-state index in [1.54, 1.807) is 9.80 Å². The average Bonchev–Trinajstić information content (AvgIpc) is 3.38. The van der Waals surface area contributed by atoms with Gasteiger partial charge in [-0.15, -0.1) is 0 Å². The Labute approximate surface area is 184 Å². The maximum absolute atomic E-state index is 13.4. The Kier molecular flexibility index (Phi) is 7.07. The summed E-state index contributed by atoms with van der Waals surface area (Å²) in [7, 11) is 0. The topological polar surface area (TPSA) is 63.0 Å². The zero-order valence-corrected chi connectivity index (χ0v) is 18.3. The van der Waals surface area contributed by atoms with Gasteiger partial charge in [0, 0.05) is 25.6 Å². The van der Waals surface area contributed by atoms with Crippen LogP contribution in [0.4, 0.5) is 0 Å². The minimum Gasteiger partial charge on any atom is -0.464 e. The second kappa shape index (κ2) is 10.1. The largest absolute Gasteiger partial charge is 0.464 e. The molecule has 1 saturated heterocycles. The van der Waals surface area contributed by atoms with Gasteiger partial charge in [-0.05, 0) is 50.3 Å². The number of furan rings is 1. The molecule has 2 amide bonds. The van der Waals surface area contributed by atoms with E-state index in [9.17, 15) is 9.59 Å². The predicted molar refractivity (Wildman–Crippen MR) is 117 cm³/mol. The first-order valence-electron chi connectivity index (χ1n) is 11.4. The molecule has 0 spiro atoms. The number of benzene rings is 1. The zero-order valence-electron chi connectivity index (χ0n) is 18.3. The lowest BCUT2D eigenvalue weighted by Crippen LogP contribution is -2.48. The molecule has 31 heavy (non-hydrogen) atoms. The number of nitrogens with zero attached hydrogens (tertiary/aromatic N) is 2. The number of rotatable bonds is 9. The monoisotopic (exact) mass is 424 g/mol. The summed E-state index contributed by atoms with van der Waals surface area (Å²) in [5.74, 6) is 1.66. The quantitative estimate of drug-likeness (QED) is 0.612. The Morgan fingerprint density at radius 2 is 1.77 bits per heavy atom. The third-order valence-electron chi connectivity index (χ3n) is 6.25. The van der Waals surface area contributed by atoms with Crippen molar-refractivity contribution in [2.45, 2.75) is 58.2 Å². The summed E-state index contributed by atoms with van der Waals surface area (Å²) >= 11 is 0. The number of carbonyl (C=O) groups is 2. The van der Waals surface area contributed by atoms with E-state index in [1.165, 1.54) is 0 Å². The average molecular weight is 425 g/mol. The Hall–Kier alpha value is -2.60. The van der Waals surface area contributed by atoms with Crippen LogP contribution in [0.15, 0.2) is 46.9 Å². The van der Waals surface area contributed by atoms with Crippen molar-refractivity contribution >= 4 is 11.8 Å². The first-order valence-corrected chi connectivity index (χ1v) is 11.4. The Balaban J connectivity index is 1.48. The molecule has 0 radical (unpaired) electrons. The molecule has 1 aromatic carbocycles. The lowest BCUT2D eigenvalue weighted by atomic mass is 9.84. The molecule has 1 atom stereocenters. The van der Waals surface area contributed by atoms with Gasteiger partial charge in [0.15, 0.2) is 0 Å². The summed E-state index contributed by atoms with van der Waals surface area (Å²) < 4.78 is 11.5. The molecule has 0 unspecified atom stereocenters. The number of carbonyl (C=O) groups excluding carboxylic acids is 2. The Morgan fingerprint density at radius 3 is 2.39 bits per heavy atom. The minimum atomic E-state index is -0.0661. The van der Waals surface area contributed by atoms with Gasteiger partial charge < -0.3 is 19.0 Å². The normalized spacial score (nSPS) is 18.5. The van der Waals surface area contributed by atoms with Crippen molar-refractivity contribution in [3.8, 4) is 0 Å². The van der Waals surface area contributed by atoms with Crippen molar-refractivity contribution in [1.29, 1.82) is 0 Å². The van der Waals surface area contributed by atoms with E-state index in [0.717, 1.165) is 55.8 Å². The number of hydrogen-bond donors (Lipinski definition) is 0. The van der Waals surface area contributed by atoms with Crippen molar-refractivity contribution in [2.75, 3.05) is 19.7 Å². The summed E-state index contributed by atoms with van der Waals surface area (Å²) in [6, 6.07) is 13.7. The van der Waals surface area contributed by atoms with E-state index in [0.29, 0.717) is 19.6 Å². The van der Waals surface area contributed by atoms with E-state index in [2.05, 4.69) is 0 Å². The zero-order chi connectivity index (χ0) is 21.6. The van der Waals surface area contributed by atoms with Gasteiger partial charge in [-0.3, -0.25) is 9.59 Å². The molecule has 2 heterocycles. The molecule has 0 N–H and O–H groups in total. The van der Waals surface area contributed by atoms with Gasteiger partial charge >= 0.3 is 0 Å². The molecule has 2 fully saturated rings. The highest BCUT2D eigenvalue weighted by molar-refractivity contribution is 5.86.